The molecule has 14 heavy (non-hydrogen) atoms. The summed E-state index contributed by atoms with van der Waals surface area (Å²) in [6, 6.07) is 0. The molecule has 1 aliphatic rings. The van der Waals surface area contributed by atoms with E-state index in [1.165, 1.54) is 18.4 Å². The summed E-state index contributed by atoms with van der Waals surface area (Å²) in [5, 5.41) is 3.21. The number of aromatic nitrogens is 2. The minimum atomic E-state index is 0.397. The Hall–Kier alpha value is -1.16. The van der Waals surface area contributed by atoms with E-state index in [1.807, 2.05) is 13.2 Å². The average Bonchev–Trinajstić information content (AvgIpc) is 2.18. The number of nitrogens with two attached hydrogens (primary N) is 1. The molecular weight excluding hydrogens is 176 g/mol. The first kappa shape index (κ1) is 9.40. The van der Waals surface area contributed by atoms with Crippen LogP contribution >= 0.6 is 0 Å². The van der Waals surface area contributed by atoms with Crippen LogP contribution in [-0.2, 0) is 6.42 Å². The van der Waals surface area contributed by atoms with Crippen LogP contribution in [0.3, 0.4) is 0 Å². The number of aryl methyl sites for hydroxylation is 1. The number of rotatable bonds is 2. The van der Waals surface area contributed by atoms with Crippen molar-refractivity contribution >= 4 is 5.95 Å². The first-order valence-corrected chi connectivity index (χ1v) is 5.07. The van der Waals surface area contributed by atoms with Gasteiger partial charge in [-0.1, -0.05) is 0 Å². The van der Waals surface area contributed by atoms with Crippen molar-refractivity contribution < 1.29 is 0 Å². The highest BCUT2D eigenvalue weighted by atomic mass is 15.0. The van der Waals surface area contributed by atoms with Gasteiger partial charge in [-0.2, -0.15) is 0 Å². The van der Waals surface area contributed by atoms with E-state index in [0.29, 0.717) is 11.9 Å². The number of nitrogens with one attached hydrogen (secondary N) is 1. The zero-order chi connectivity index (χ0) is 9.97. The predicted octanol–water partition coefficient (Wildman–Crippen LogP) is 0.698. The molecule has 1 aromatic heterocycles. The van der Waals surface area contributed by atoms with Gasteiger partial charge >= 0.3 is 0 Å². The van der Waals surface area contributed by atoms with E-state index >= 15 is 0 Å². The maximum absolute atomic E-state index is 5.56. The SMILES string of the molecule is CNCC1CCCc2nc(N)ncc21. The molecule has 0 aliphatic heterocycles. The van der Waals surface area contributed by atoms with Gasteiger partial charge in [-0.3, -0.25) is 0 Å². The van der Waals surface area contributed by atoms with Crippen molar-refractivity contribution in [3.8, 4) is 0 Å². The van der Waals surface area contributed by atoms with Gasteiger partial charge < -0.3 is 11.1 Å². The van der Waals surface area contributed by atoms with Crippen molar-refractivity contribution in [3.05, 3.63) is 17.5 Å². The van der Waals surface area contributed by atoms with Crippen LogP contribution in [0.4, 0.5) is 5.95 Å². The Morgan fingerprint density at radius 1 is 1.64 bits per heavy atom. The molecule has 0 radical (unpaired) electrons. The molecule has 2 rings (SSSR count). The van der Waals surface area contributed by atoms with Gasteiger partial charge in [0.2, 0.25) is 5.95 Å². The van der Waals surface area contributed by atoms with Crippen LogP contribution in [0.1, 0.15) is 30.0 Å². The topological polar surface area (TPSA) is 63.8 Å². The summed E-state index contributed by atoms with van der Waals surface area (Å²) in [4.78, 5) is 8.35. The zero-order valence-electron chi connectivity index (χ0n) is 8.45. The standard InChI is InChI=1S/C10H16N4/c1-12-5-7-3-2-4-9-8(7)6-13-10(11)14-9/h6-7,12H,2-5H2,1H3,(H2,11,13,14). The fraction of sp³-hybridized carbons (Fsp3) is 0.600. The van der Waals surface area contributed by atoms with Gasteiger partial charge in [0.1, 0.15) is 0 Å². The smallest absolute Gasteiger partial charge is 0.220 e. The largest absolute Gasteiger partial charge is 0.368 e. The molecule has 4 heteroatoms. The molecular formula is C10H16N4. The van der Waals surface area contributed by atoms with Crippen molar-refractivity contribution in [2.45, 2.75) is 25.2 Å². The molecule has 0 bridgehead atoms. The third kappa shape index (κ3) is 1.70. The second-order valence-corrected chi connectivity index (χ2v) is 3.78. The second kappa shape index (κ2) is 3.92. The lowest BCUT2D eigenvalue weighted by atomic mass is 9.86. The van der Waals surface area contributed by atoms with Crippen molar-refractivity contribution in [1.29, 1.82) is 0 Å². The number of nitrogens with zero attached hydrogens (tertiary/aromatic N) is 2. The van der Waals surface area contributed by atoms with Gasteiger partial charge in [-0.15, -0.1) is 0 Å². The van der Waals surface area contributed by atoms with E-state index in [4.69, 9.17) is 5.73 Å². The van der Waals surface area contributed by atoms with Gasteiger partial charge in [-0.25, -0.2) is 9.97 Å². The Kier molecular flexibility index (Phi) is 2.63. The summed E-state index contributed by atoms with van der Waals surface area (Å²) in [5.41, 5.74) is 7.98. The van der Waals surface area contributed by atoms with E-state index in [1.54, 1.807) is 0 Å². The van der Waals surface area contributed by atoms with E-state index in [2.05, 4.69) is 15.3 Å². The Balaban J connectivity index is 2.30. The maximum Gasteiger partial charge on any atom is 0.220 e. The highest BCUT2D eigenvalue weighted by Crippen LogP contribution is 2.29. The zero-order valence-corrected chi connectivity index (χ0v) is 8.45. The lowest BCUT2D eigenvalue weighted by Crippen LogP contribution is -2.22. The van der Waals surface area contributed by atoms with Crippen LogP contribution in [0.25, 0.3) is 0 Å². The Labute approximate surface area is 83.9 Å². The maximum atomic E-state index is 5.56. The summed E-state index contributed by atoms with van der Waals surface area (Å²) < 4.78 is 0. The van der Waals surface area contributed by atoms with Gasteiger partial charge in [-0.05, 0) is 37.8 Å². The number of fused-ring (bicyclic) bond motifs is 1. The molecule has 4 nitrogen and oxygen atoms in total. The fourth-order valence-corrected chi connectivity index (χ4v) is 2.11. The first-order chi connectivity index (χ1) is 6.81. The lowest BCUT2D eigenvalue weighted by Gasteiger charge is -2.23. The molecule has 0 spiro atoms. The molecule has 1 heterocycles. The van der Waals surface area contributed by atoms with Crippen LogP contribution < -0.4 is 11.1 Å². The molecule has 76 valence electrons. The van der Waals surface area contributed by atoms with Gasteiger partial charge in [0.25, 0.3) is 0 Å². The third-order valence-electron chi connectivity index (χ3n) is 2.78. The Bertz CT molecular complexity index is 324. The summed E-state index contributed by atoms with van der Waals surface area (Å²) in [6.07, 6.45) is 5.36. The number of hydrogen-bond donors (Lipinski definition) is 2. The number of hydrogen-bond acceptors (Lipinski definition) is 4. The van der Waals surface area contributed by atoms with Crippen LogP contribution in [0.15, 0.2) is 6.20 Å². The Morgan fingerprint density at radius 3 is 3.29 bits per heavy atom. The monoisotopic (exact) mass is 192 g/mol. The molecule has 0 saturated heterocycles. The molecule has 0 amide bonds. The molecule has 1 unspecified atom stereocenters. The van der Waals surface area contributed by atoms with Crippen molar-refractivity contribution in [2.24, 2.45) is 0 Å². The van der Waals surface area contributed by atoms with E-state index in [9.17, 15) is 0 Å². The van der Waals surface area contributed by atoms with Crippen LogP contribution in [0.5, 0.6) is 0 Å². The first-order valence-electron chi connectivity index (χ1n) is 5.07. The summed E-state index contributed by atoms with van der Waals surface area (Å²) in [5.74, 6) is 0.957. The van der Waals surface area contributed by atoms with Crippen molar-refractivity contribution in [1.82, 2.24) is 15.3 Å². The van der Waals surface area contributed by atoms with Crippen LogP contribution in [0.2, 0.25) is 0 Å². The quantitative estimate of drug-likeness (QED) is 0.724. The second-order valence-electron chi connectivity index (χ2n) is 3.78. The van der Waals surface area contributed by atoms with Crippen LogP contribution in [0, 0.1) is 0 Å². The highest BCUT2D eigenvalue weighted by Gasteiger charge is 2.20. The number of likely N-dealkylation sites (N-methyl/N-ethyl adjacent to an activating group) is 1. The van der Waals surface area contributed by atoms with Crippen molar-refractivity contribution in [3.63, 3.8) is 0 Å². The minimum absolute atomic E-state index is 0.397. The van der Waals surface area contributed by atoms with E-state index in [-0.39, 0.29) is 0 Å². The fourth-order valence-electron chi connectivity index (χ4n) is 2.11. The number of nitrogen functional groups attached to an aromatic ring is 1. The highest BCUT2D eigenvalue weighted by molar-refractivity contribution is 5.30. The molecule has 1 atom stereocenters. The van der Waals surface area contributed by atoms with Gasteiger partial charge in [0.05, 0.1) is 0 Å². The summed E-state index contributed by atoms with van der Waals surface area (Å²) in [6.45, 7) is 1.00. The van der Waals surface area contributed by atoms with E-state index < -0.39 is 0 Å². The number of anilines is 1. The molecule has 0 saturated carbocycles. The molecule has 1 aromatic rings. The lowest BCUT2D eigenvalue weighted by molar-refractivity contribution is 0.519. The Morgan fingerprint density at radius 2 is 2.50 bits per heavy atom. The van der Waals surface area contributed by atoms with Gasteiger partial charge in [0, 0.05) is 18.4 Å². The van der Waals surface area contributed by atoms with Crippen LogP contribution in [-0.4, -0.2) is 23.6 Å². The minimum Gasteiger partial charge on any atom is -0.368 e. The summed E-state index contributed by atoms with van der Waals surface area (Å²) in [7, 11) is 1.98. The van der Waals surface area contributed by atoms with Crippen molar-refractivity contribution in [2.75, 3.05) is 19.3 Å². The molecule has 0 aromatic carbocycles. The van der Waals surface area contributed by atoms with E-state index in [0.717, 1.165) is 18.7 Å². The molecule has 0 fully saturated rings. The van der Waals surface area contributed by atoms with Gasteiger partial charge in [0.15, 0.2) is 0 Å². The summed E-state index contributed by atoms with van der Waals surface area (Å²) >= 11 is 0. The normalized spacial score (nSPS) is 20.5. The third-order valence-corrected chi connectivity index (χ3v) is 2.78. The molecule has 3 N–H and O–H groups in total. The molecule has 1 aliphatic carbocycles. The average molecular weight is 192 g/mol. The predicted molar refractivity (Wildman–Crippen MR) is 56.1 cm³/mol.